The van der Waals surface area contributed by atoms with Gasteiger partial charge in [0.25, 0.3) is 11.8 Å². The fourth-order valence-corrected chi connectivity index (χ4v) is 3.18. The van der Waals surface area contributed by atoms with E-state index in [1.54, 1.807) is 42.5 Å². The Bertz CT molecular complexity index is 1080. The van der Waals surface area contributed by atoms with Gasteiger partial charge in [-0.15, -0.1) is 0 Å². The molecule has 30 heavy (non-hydrogen) atoms. The molecule has 0 aliphatic carbocycles. The van der Waals surface area contributed by atoms with Gasteiger partial charge < -0.3 is 15.4 Å². The number of hydrogen-bond acceptors (Lipinski definition) is 3. The van der Waals surface area contributed by atoms with E-state index in [0.717, 1.165) is 22.4 Å². The van der Waals surface area contributed by atoms with Gasteiger partial charge in [-0.25, -0.2) is 0 Å². The van der Waals surface area contributed by atoms with Crippen LogP contribution in [0.3, 0.4) is 0 Å². The predicted molar refractivity (Wildman–Crippen MR) is 121 cm³/mol. The second kappa shape index (κ2) is 9.46. The molecule has 3 aromatic rings. The van der Waals surface area contributed by atoms with Gasteiger partial charge in [0.1, 0.15) is 5.75 Å². The minimum Gasteiger partial charge on any atom is -0.484 e. The summed E-state index contributed by atoms with van der Waals surface area (Å²) in [7, 11) is 0. The van der Waals surface area contributed by atoms with Gasteiger partial charge in [-0.3, -0.25) is 9.59 Å². The van der Waals surface area contributed by atoms with Crippen LogP contribution < -0.4 is 15.4 Å². The number of rotatable bonds is 6. The van der Waals surface area contributed by atoms with Crippen LogP contribution in [-0.2, 0) is 4.79 Å². The summed E-state index contributed by atoms with van der Waals surface area (Å²) in [5.41, 5.74) is 4.96. The molecule has 0 atom stereocenters. The Hall–Kier alpha value is -3.31. The fraction of sp³-hybridized carbons (Fsp3) is 0.167. The molecule has 0 saturated carbocycles. The van der Waals surface area contributed by atoms with E-state index in [9.17, 15) is 9.59 Å². The average molecular weight is 423 g/mol. The van der Waals surface area contributed by atoms with E-state index in [-0.39, 0.29) is 18.4 Å². The van der Waals surface area contributed by atoms with Crippen molar-refractivity contribution in [2.24, 2.45) is 0 Å². The summed E-state index contributed by atoms with van der Waals surface area (Å²) in [5.74, 6) is 0.0200. The maximum atomic E-state index is 12.4. The Kier molecular flexibility index (Phi) is 6.75. The summed E-state index contributed by atoms with van der Waals surface area (Å²) in [6, 6.07) is 17.7. The number of hydrogen-bond donors (Lipinski definition) is 2. The molecule has 3 aromatic carbocycles. The van der Waals surface area contributed by atoms with Crippen molar-refractivity contribution in [3.63, 3.8) is 0 Å². The third-order valence-electron chi connectivity index (χ3n) is 4.58. The molecule has 6 heteroatoms. The minimum atomic E-state index is -0.248. The van der Waals surface area contributed by atoms with Crippen LogP contribution in [0.4, 0.5) is 11.4 Å². The number of ether oxygens (including phenoxy) is 1. The number of carbonyl (C=O) groups is 2. The highest BCUT2D eigenvalue weighted by Crippen LogP contribution is 2.21. The van der Waals surface area contributed by atoms with Gasteiger partial charge in [0, 0.05) is 22.0 Å². The summed E-state index contributed by atoms with van der Waals surface area (Å²) in [4.78, 5) is 24.6. The Morgan fingerprint density at radius 3 is 2.13 bits per heavy atom. The topological polar surface area (TPSA) is 67.4 Å². The molecule has 0 unspecified atom stereocenters. The van der Waals surface area contributed by atoms with Crippen LogP contribution in [0, 0.1) is 20.8 Å². The Morgan fingerprint density at radius 1 is 0.833 bits per heavy atom. The van der Waals surface area contributed by atoms with Gasteiger partial charge in [-0.1, -0.05) is 29.3 Å². The number of aryl methyl sites for hydroxylation is 3. The summed E-state index contributed by atoms with van der Waals surface area (Å²) < 4.78 is 5.53. The van der Waals surface area contributed by atoms with Gasteiger partial charge in [-0.05, 0) is 80.4 Å². The van der Waals surface area contributed by atoms with Gasteiger partial charge in [0.2, 0.25) is 0 Å². The SMILES string of the molecule is Cc1ccc(NC(=O)COc2ccc(C(=O)Nc3ccc(Cl)cc3C)cc2)c(C)c1. The zero-order valence-corrected chi connectivity index (χ0v) is 17.8. The van der Waals surface area contributed by atoms with Crippen LogP contribution in [0.1, 0.15) is 27.0 Å². The molecule has 3 rings (SSSR count). The molecule has 0 bridgehead atoms. The van der Waals surface area contributed by atoms with Crippen molar-refractivity contribution in [3.8, 4) is 5.75 Å². The molecular weight excluding hydrogens is 400 g/mol. The van der Waals surface area contributed by atoms with Crippen molar-refractivity contribution >= 4 is 34.8 Å². The normalized spacial score (nSPS) is 10.4. The van der Waals surface area contributed by atoms with E-state index >= 15 is 0 Å². The fourth-order valence-electron chi connectivity index (χ4n) is 2.95. The quantitative estimate of drug-likeness (QED) is 0.548. The molecular formula is C24H23ClN2O3. The van der Waals surface area contributed by atoms with Crippen LogP contribution in [0.15, 0.2) is 60.7 Å². The van der Waals surface area contributed by atoms with E-state index in [2.05, 4.69) is 10.6 Å². The minimum absolute atomic E-state index is 0.122. The molecule has 0 fully saturated rings. The van der Waals surface area contributed by atoms with Crippen molar-refractivity contribution in [1.82, 2.24) is 0 Å². The van der Waals surface area contributed by atoms with Gasteiger partial charge in [-0.2, -0.15) is 0 Å². The van der Waals surface area contributed by atoms with Crippen LogP contribution in [0.5, 0.6) is 5.75 Å². The zero-order valence-electron chi connectivity index (χ0n) is 17.1. The van der Waals surface area contributed by atoms with Crippen LogP contribution in [0.25, 0.3) is 0 Å². The predicted octanol–water partition coefficient (Wildman–Crippen LogP) is 5.54. The lowest BCUT2D eigenvalue weighted by molar-refractivity contribution is -0.118. The maximum absolute atomic E-state index is 12.4. The van der Waals surface area contributed by atoms with Crippen LogP contribution in [0.2, 0.25) is 5.02 Å². The first-order valence-electron chi connectivity index (χ1n) is 9.49. The van der Waals surface area contributed by atoms with Crippen molar-refractivity contribution in [2.45, 2.75) is 20.8 Å². The lowest BCUT2D eigenvalue weighted by Crippen LogP contribution is -2.20. The van der Waals surface area contributed by atoms with E-state index in [1.807, 2.05) is 39.0 Å². The molecule has 2 amide bonds. The molecule has 0 saturated heterocycles. The van der Waals surface area contributed by atoms with Gasteiger partial charge >= 0.3 is 0 Å². The smallest absolute Gasteiger partial charge is 0.262 e. The molecule has 2 N–H and O–H groups in total. The lowest BCUT2D eigenvalue weighted by Gasteiger charge is -2.11. The largest absolute Gasteiger partial charge is 0.484 e. The molecule has 0 aromatic heterocycles. The second-order valence-electron chi connectivity index (χ2n) is 7.09. The Labute approximate surface area is 181 Å². The van der Waals surface area contributed by atoms with Crippen molar-refractivity contribution in [2.75, 3.05) is 17.2 Å². The molecule has 0 radical (unpaired) electrons. The molecule has 0 heterocycles. The summed E-state index contributed by atoms with van der Waals surface area (Å²) in [6.07, 6.45) is 0. The standard InChI is InChI=1S/C24H23ClN2O3/c1-15-4-10-21(16(2)12-15)26-23(28)14-30-20-8-5-18(6-9-20)24(29)27-22-11-7-19(25)13-17(22)3/h4-13H,14H2,1-3H3,(H,26,28)(H,27,29). The Balaban J connectivity index is 1.55. The summed E-state index contributed by atoms with van der Waals surface area (Å²) >= 11 is 5.94. The molecule has 154 valence electrons. The number of benzene rings is 3. The molecule has 5 nitrogen and oxygen atoms in total. The highest BCUT2D eigenvalue weighted by atomic mass is 35.5. The number of amides is 2. The number of halogens is 1. The van der Waals surface area contributed by atoms with E-state index in [0.29, 0.717) is 22.0 Å². The number of nitrogens with one attached hydrogen (secondary N) is 2. The first-order valence-corrected chi connectivity index (χ1v) is 9.87. The third-order valence-corrected chi connectivity index (χ3v) is 4.81. The maximum Gasteiger partial charge on any atom is 0.262 e. The Morgan fingerprint density at radius 2 is 1.47 bits per heavy atom. The number of anilines is 2. The molecule has 0 aliphatic heterocycles. The summed E-state index contributed by atoms with van der Waals surface area (Å²) in [6.45, 7) is 5.70. The highest BCUT2D eigenvalue weighted by Gasteiger charge is 2.10. The molecule has 0 spiro atoms. The lowest BCUT2D eigenvalue weighted by atomic mass is 10.1. The van der Waals surface area contributed by atoms with Crippen LogP contribution in [-0.4, -0.2) is 18.4 Å². The van der Waals surface area contributed by atoms with Gasteiger partial charge in [0.15, 0.2) is 6.61 Å². The first kappa shape index (κ1) is 21.4. The van der Waals surface area contributed by atoms with Gasteiger partial charge in [0.05, 0.1) is 0 Å². The average Bonchev–Trinajstić information content (AvgIpc) is 2.71. The van der Waals surface area contributed by atoms with Crippen molar-refractivity contribution < 1.29 is 14.3 Å². The molecule has 0 aliphatic rings. The highest BCUT2D eigenvalue weighted by molar-refractivity contribution is 6.30. The first-order chi connectivity index (χ1) is 14.3. The van der Waals surface area contributed by atoms with E-state index in [1.165, 1.54) is 0 Å². The van der Waals surface area contributed by atoms with Crippen molar-refractivity contribution in [1.29, 1.82) is 0 Å². The van der Waals surface area contributed by atoms with E-state index < -0.39 is 0 Å². The van der Waals surface area contributed by atoms with E-state index in [4.69, 9.17) is 16.3 Å². The second-order valence-corrected chi connectivity index (χ2v) is 7.53. The third kappa shape index (κ3) is 5.61. The monoisotopic (exact) mass is 422 g/mol. The zero-order chi connectivity index (χ0) is 21.7. The summed E-state index contributed by atoms with van der Waals surface area (Å²) in [5, 5.41) is 6.31. The number of carbonyl (C=O) groups excluding carboxylic acids is 2. The van der Waals surface area contributed by atoms with Crippen molar-refractivity contribution in [3.05, 3.63) is 87.9 Å². The van der Waals surface area contributed by atoms with Crippen LogP contribution >= 0.6 is 11.6 Å².